The van der Waals surface area contributed by atoms with Crippen LogP contribution in [-0.4, -0.2) is 40.8 Å². The highest BCUT2D eigenvalue weighted by Crippen LogP contribution is 2.12. The quantitative estimate of drug-likeness (QED) is 0.794. The highest BCUT2D eigenvalue weighted by molar-refractivity contribution is 5.94. The van der Waals surface area contributed by atoms with Crippen LogP contribution in [0.2, 0.25) is 0 Å². The third-order valence-corrected chi connectivity index (χ3v) is 3.88. The van der Waals surface area contributed by atoms with E-state index in [0.29, 0.717) is 23.3 Å². The first-order valence-electron chi connectivity index (χ1n) is 7.87. The molecule has 3 rings (SSSR count). The predicted octanol–water partition coefficient (Wildman–Crippen LogP) is 2.26. The van der Waals surface area contributed by atoms with Crippen molar-refractivity contribution in [3.63, 3.8) is 0 Å². The lowest BCUT2D eigenvalue weighted by molar-refractivity contribution is 0.0779. The molecule has 1 heterocycles. The summed E-state index contributed by atoms with van der Waals surface area (Å²) >= 11 is 0. The van der Waals surface area contributed by atoms with E-state index in [-0.39, 0.29) is 11.8 Å². The number of hydrogen-bond donors (Lipinski definition) is 1. The Hall–Kier alpha value is -3.28. The molecule has 6 nitrogen and oxygen atoms in total. The second-order valence-electron chi connectivity index (χ2n) is 5.68. The van der Waals surface area contributed by atoms with Gasteiger partial charge in [-0.2, -0.15) is 0 Å². The smallest absolute Gasteiger partial charge is 0.274 e. The molecule has 0 saturated carbocycles. The summed E-state index contributed by atoms with van der Waals surface area (Å²) in [5.41, 5.74) is 3.27. The maximum absolute atomic E-state index is 12.6. The van der Waals surface area contributed by atoms with Crippen LogP contribution >= 0.6 is 0 Å². The third kappa shape index (κ3) is 3.63. The molecule has 3 aromatic rings. The first kappa shape index (κ1) is 16.6. The number of nitrogens with one attached hydrogen (secondary N) is 1. The van der Waals surface area contributed by atoms with Gasteiger partial charge in [-0.3, -0.25) is 14.6 Å². The molecule has 25 heavy (non-hydrogen) atoms. The van der Waals surface area contributed by atoms with Crippen molar-refractivity contribution in [1.82, 2.24) is 20.2 Å². The van der Waals surface area contributed by atoms with Gasteiger partial charge in [0, 0.05) is 26.2 Å². The van der Waals surface area contributed by atoms with Gasteiger partial charge < -0.3 is 10.2 Å². The number of amides is 2. The van der Waals surface area contributed by atoms with Crippen LogP contribution in [0, 0.1) is 0 Å². The van der Waals surface area contributed by atoms with Gasteiger partial charge in [0.05, 0.1) is 17.2 Å². The zero-order valence-electron chi connectivity index (χ0n) is 14.1. The second kappa shape index (κ2) is 7.09. The summed E-state index contributed by atoms with van der Waals surface area (Å²) in [6.07, 6.45) is 1.50. The standard InChI is InChI=1S/C19H18N4O2/c1-20-18(24)14-9-7-13(8-10-14)12-23(2)19(25)17-11-21-15-5-3-4-6-16(15)22-17/h3-11H,12H2,1-2H3,(H,20,24). The van der Waals surface area contributed by atoms with Crippen LogP contribution < -0.4 is 5.32 Å². The lowest BCUT2D eigenvalue weighted by atomic mass is 10.1. The number of aromatic nitrogens is 2. The normalized spacial score (nSPS) is 10.5. The Morgan fingerprint density at radius 1 is 1.04 bits per heavy atom. The summed E-state index contributed by atoms with van der Waals surface area (Å²) in [4.78, 5) is 34.4. The van der Waals surface area contributed by atoms with Crippen LogP contribution in [-0.2, 0) is 6.54 Å². The SMILES string of the molecule is CNC(=O)c1ccc(CN(C)C(=O)c2cnc3ccccc3n2)cc1. The Bertz CT molecular complexity index is 922. The summed E-state index contributed by atoms with van der Waals surface area (Å²) in [6.45, 7) is 0.418. The number of para-hydroxylation sites is 2. The topological polar surface area (TPSA) is 75.2 Å². The Morgan fingerprint density at radius 3 is 2.40 bits per heavy atom. The number of nitrogens with zero attached hydrogens (tertiary/aromatic N) is 3. The van der Waals surface area contributed by atoms with Crippen LogP contribution in [0.3, 0.4) is 0 Å². The first-order valence-corrected chi connectivity index (χ1v) is 7.87. The molecule has 2 amide bonds. The molecule has 0 saturated heterocycles. The van der Waals surface area contributed by atoms with E-state index in [2.05, 4.69) is 15.3 Å². The molecule has 0 fully saturated rings. The zero-order chi connectivity index (χ0) is 17.8. The zero-order valence-corrected chi connectivity index (χ0v) is 14.1. The molecule has 1 aromatic heterocycles. The molecule has 0 spiro atoms. The van der Waals surface area contributed by atoms with Gasteiger partial charge in [0.2, 0.25) is 0 Å². The molecular formula is C19H18N4O2. The third-order valence-electron chi connectivity index (χ3n) is 3.88. The number of carbonyl (C=O) groups is 2. The van der Waals surface area contributed by atoms with E-state index in [1.807, 2.05) is 36.4 Å². The second-order valence-corrected chi connectivity index (χ2v) is 5.68. The summed E-state index contributed by atoms with van der Waals surface area (Å²) in [5.74, 6) is -0.337. The maximum atomic E-state index is 12.6. The van der Waals surface area contributed by atoms with Crippen molar-refractivity contribution in [2.75, 3.05) is 14.1 Å². The Kier molecular flexibility index (Phi) is 4.70. The maximum Gasteiger partial charge on any atom is 0.274 e. The molecule has 0 unspecified atom stereocenters. The molecule has 0 bridgehead atoms. The molecule has 6 heteroatoms. The van der Waals surface area contributed by atoms with Crippen molar-refractivity contribution in [1.29, 1.82) is 0 Å². The van der Waals surface area contributed by atoms with Crippen molar-refractivity contribution in [2.24, 2.45) is 0 Å². The van der Waals surface area contributed by atoms with Gasteiger partial charge in [-0.15, -0.1) is 0 Å². The molecular weight excluding hydrogens is 316 g/mol. The molecule has 1 N–H and O–H groups in total. The van der Waals surface area contributed by atoms with Gasteiger partial charge in [0.1, 0.15) is 5.69 Å². The fourth-order valence-electron chi connectivity index (χ4n) is 2.51. The fourth-order valence-corrected chi connectivity index (χ4v) is 2.51. The van der Waals surface area contributed by atoms with E-state index in [1.54, 1.807) is 31.1 Å². The lowest BCUT2D eigenvalue weighted by Crippen LogP contribution is -2.27. The van der Waals surface area contributed by atoms with Crippen LogP contribution in [0.5, 0.6) is 0 Å². The predicted molar refractivity (Wildman–Crippen MR) is 95.2 cm³/mol. The van der Waals surface area contributed by atoms with E-state index in [0.717, 1.165) is 11.1 Å². The van der Waals surface area contributed by atoms with Gasteiger partial charge in [-0.1, -0.05) is 24.3 Å². The van der Waals surface area contributed by atoms with E-state index in [1.165, 1.54) is 6.20 Å². The molecule has 0 aliphatic rings. The summed E-state index contributed by atoms with van der Waals surface area (Å²) in [5, 5.41) is 2.58. The molecule has 126 valence electrons. The fraction of sp³-hybridized carbons (Fsp3) is 0.158. The minimum atomic E-state index is -0.200. The first-order chi connectivity index (χ1) is 12.1. The molecule has 0 aliphatic heterocycles. The summed E-state index contributed by atoms with van der Waals surface area (Å²) < 4.78 is 0. The van der Waals surface area contributed by atoms with Crippen molar-refractivity contribution in [2.45, 2.75) is 6.54 Å². The van der Waals surface area contributed by atoms with Gasteiger partial charge >= 0.3 is 0 Å². The Morgan fingerprint density at radius 2 is 1.72 bits per heavy atom. The summed E-state index contributed by atoms with van der Waals surface area (Å²) in [7, 11) is 3.30. The van der Waals surface area contributed by atoms with Crippen molar-refractivity contribution in [3.05, 3.63) is 71.5 Å². The Balaban J connectivity index is 1.74. The van der Waals surface area contributed by atoms with Crippen molar-refractivity contribution >= 4 is 22.8 Å². The van der Waals surface area contributed by atoms with Crippen LogP contribution in [0.15, 0.2) is 54.7 Å². The number of benzene rings is 2. The molecule has 2 aromatic carbocycles. The lowest BCUT2D eigenvalue weighted by Gasteiger charge is -2.17. The van der Waals surface area contributed by atoms with Crippen molar-refractivity contribution < 1.29 is 9.59 Å². The summed E-state index contributed by atoms with van der Waals surface area (Å²) in [6, 6.07) is 14.6. The van der Waals surface area contributed by atoms with Crippen LogP contribution in [0.1, 0.15) is 26.4 Å². The van der Waals surface area contributed by atoms with E-state index < -0.39 is 0 Å². The average Bonchev–Trinajstić information content (AvgIpc) is 2.67. The average molecular weight is 334 g/mol. The number of fused-ring (bicyclic) bond motifs is 1. The monoisotopic (exact) mass is 334 g/mol. The highest BCUT2D eigenvalue weighted by Gasteiger charge is 2.15. The van der Waals surface area contributed by atoms with E-state index >= 15 is 0 Å². The van der Waals surface area contributed by atoms with Gasteiger partial charge in [0.15, 0.2) is 0 Å². The minimum Gasteiger partial charge on any atom is -0.355 e. The molecule has 0 aliphatic carbocycles. The van der Waals surface area contributed by atoms with Gasteiger partial charge in [-0.05, 0) is 29.8 Å². The van der Waals surface area contributed by atoms with E-state index in [9.17, 15) is 9.59 Å². The van der Waals surface area contributed by atoms with Gasteiger partial charge in [0.25, 0.3) is 11.8 Å². The number of hydrogen-bond acceptors (Lipinski definition) is 4. The van der Waals surface area contributed by atoms with E-state index in [4.69, 9.17) is 0 Å². The minimum absolute atomic E-state index is 0.137. The number of carbonyl (C=O) groups excluding carboxylic acids is 2. The largest absolute Gasteiger partial charge is 0.355 e. The number of rotatable bonds is 4. The van der Waals surface area contributed by atoms with Gasteiger partial charge in [-0.25, -0.2) is 4.98 Å². The highest BCUT2D eigenvalue weighted by atomic mass is 16.2. The van der Waals surface area contributed by atoms with Crippen molar-refractivity contribution in [3.8, 4) is 0 Å². The molecule has 0 radical (unpaired) electrons. The Labute approximate surface area is 145 Å². The van der Waals surface area contributed by atoms with Crippen LogP contribution in [0.4, 0.5) is 0 Å². The van der Waals surface area contributed by atoms with Crippen LogP contribution in [0.25, 0.3) is 11.0 Å². The molecule has 0 atom stereocenters.